The van der Waals surface area contributed by atoms with Gasteiger partial charge in [0.1, 0.15) is 0 Å². The van der Waals surface area contributed by atoms with Crippen LogP contribution in [0.15, 0.2) is 24.4 Å². The molecule has 0 radical (unpaired) electrons. The number of hydrogen-bond acceptors (Lipinski definition) is 4. The summed E-state index contributed by atoms with van der Waals surface area (Å²) in [6.45, 7) is 0. The van der Waals surface area contributed by atoms with Gasteiger partial charge in [-0.05, 0) is 18.2 Å². The van der Waals surface area contributed by atoms with E-state index in [0.29, 0.717) is 11.3 Å². The number of carbonyl (C=O) groups is 1. The Hall–Kier alpha value is -2.15. The summed E-state index contributed by atoms with van der Waals surface area (Å²) in [5.41, 5.74) is 0.967. The van der Waals surface area contributed by atoms with Gasteiger partial charge in [-0.3, -0.25) is 4.98 Å². The molecule has 0 unspecified atom stereocenters. The van der Waals surface area contributed by atoms with Crippen LogP contribution in [0.2, 0.25) is 0 Å². The molecule has 0 aliphatic rings. The number of rotatable bonds is 2. The van der Waals surface area contributed by atoms with Gasteiger partial charge in [-0.1, -0.05) is 0 Å². The third-order valence-corrected chi connectivity index (χ3v) is 1.53. The molecule has 0 bridgehead atoms. The Kier molecular flexibility index (Phi) is 3.39. The lowest BCUT2D eigenvalue weighted by atomic mass is 10.2. The number of esters is 1. The molecule has 4 heteroatoms. The van der Waals surface area contributed by atoms with Gasteiger partial charge in [0.2, 0.25) is 0 Å². The first kappa shape index (κ1) is 9.93. The molecule has 0 atom stereocenters. The molecule has 0 amide bonds. The Bertz CT molecular complexity index is 405. The number of nitriles is 1. The number of ether oxygens (including phenoxy) is 1. The molecule has 0 saturated heterocycles. The second-order valence-corrected chi connectivity index (χ2v) is 2.42. The molecule has 0 fully saturated rings. The van der Waals surface area contributed by atoms with E-state index in [1.165, 1.54) is 25.5 Å². The zero-order valence-corrected chi connectivity index (χ0v) is 7.60. The minimum atomic E-state index is -0.418. The number of nitrogens with zero attached hydrogens (tertiary/aromatic N) is 2. The molecule has 70 valence electrons. The summed E-state index contributed by atoms with van der Waals surface area (Å²) in [4.78, 5) is 15.0. The molecule has 14 heavy (non-hydrogen) atoms. The van der Waals surface area contributed by atoms with E-state index in [1.54, 1.807) is 12.1 Å². The van der Waals surface area contributed by atoms with E-state index < -0.39 is 5.97 Å². The summed E-state index contributed by atoms with van der Waals surface area (Å²) in [6, 6.07) is 4.95. The van der Waals surface area contributed by atoms with Gasteiger partial charge >= 0.3 is 5.97 Å². The van der Waals surface area contributed by atoms with E-state index in [0.717, 1.165) is 0 Å². The minimum Gasteiger partial charge on any atom is -0.465 e. The molecule has 1 aromatic rings. The van der Waals surface area contributed by atoms with Crippen molar-refractivity contribution >= 4 is 12.0 Å². The van der Waals surface area contributed by atoms with E-state index in [1.807, 2.05) is 6.07 Å². The highest BCUT2D eigenvalue weighted by Gasteiger charge is 2.04. The van der Waals surface area contributed by atoms with Crippen molar-refractivity contribution in [3.63, 3.8) is 0 Å². The fourth-order valence-corrected chi connectivity index (χ4v) is 0.907. The number of aromatic nitrogens is 1. The monoisotopic (exact) mass is 188 g/mol. The highest BCUT2D eigenvalue weighted by atomic mass is 16.5. The standard InChI is InChI=1S/C10H8N2O2/c1-14-10(13)8-4-6-12-9(7-8)3-2-5-11/h2-4,6-7H,1H3. The average molecular weight is 188 g/mol. The highest BCUT2D eigenvalue weighted by molar-refractivity contribution is 5.89. The topological polar surface area (TPSA) is 63.0 Å². The van der Waals surface area contributed by atoms with Crippen LogP contribution in [-0.4, -0.2) is 18.1 Å². The zero-order chi connectivity index (χ0) is 10.4. The van der Waals surface area contributed by atoms with Gasteiger partial charge < -0.3 is 4.74 Å². The van der Waals surface area contributed by atoms with E-state index in [9.17, 15) is 4.79 Å². The van der Waals surface area contributed by atoms with Gasteiger partial charge in [-0.15, -0.1) is 0 Å². The van der Waals surface area contributed by atoms with Gasteiger partial charge in [-0.25, -0.2) is 4.79 Å². The number of carbonyl (C=O) groups excluding carboxylic acids is 1. The van der Waals surface area contributed by atoms with Crippen LogP contribution in [0.25, 0.3) is 6.08 Å². The fourth-order valence-electron chi connectivity index (χ4n) is 0.907. The van der Waals surface area contributed by atoms with Crippen LogP contribution in [0.4, 0.5) is 0 Å². The van der Waals surface area contributed by atoms with Gasteiger partial charge in [0.25, 0.3) is 0 Å². The van der Waals surface area contributed by atoms with Crippen molar-refractivity contribution in [1.82, 2.24) is 4.98 Å². The molecule has 0 saturated carbocycles. The number of hydrogen-bond donors (Lipinski definition) is 0. The lowest BCUT2D eigenvalue weighted by Gasteiger charge is -1.98. The Morgan fingerprint density at radius 1 is 1.71 bits per heavy atom. The normalized spacial score (nSPS) is 9.71. The summed E-state index contributed by atoms with van der Waals surface area (Å²) >= 11 is 0. The van der Waals surface area contributed by atoms with Crippen LogP contribution < -0.4 is 0 Å². The van der Waals surface area contributed by atoms with Crippen LogP contribution in [0.3, 0.4) is 0 Å². The van der Waals surface area contributed by atoms with Gasteiger partial charge in [-0.2, -0.15) is 5.26 Å². The first-order valence-electron chi connectivity index (χ1n) is 3.88. The number of methoxy groups -OCH3 is 1. The largest absolute Gasteiger partial charge is 0.465 e. The molecule has 1 aromatic heterocycles. The summed E-state index contributed by atoms with van der Waals surface area (Å²) in [5.74, 6) is -0.418. The van der Waals surface area contributed by atoms with E-state index in [4.69, 9.17) is 5.26 Å². The molecule has 1 rings (SSSR count). The maximum Gasteiger partial charge on any atom is 0.337 e. The maximum absolute atomic E-state index is 11.1. The third-order valence-electron chi connectivity index (χ3n) is 1.53. The molecular formula is C10H8N2O2. The van der Waals surface area contributed by atoms with Crippen LogP contribution >= 0.6 is 0 Å². The van der Waals surface area contributed by atoms with Crippen LogP contribution in [0, 0.1) is 11.3 Å². The summed E-state index contributed by atoms with van der Waals surface area (Å²) in [6.07, 6.45) is 4.30. The first-order valence-corrected chi connectivity index (χ1v) is 3.88. The molecular weight excluding hydrogens is 180 g/mol. The van der Waals surface area contributed by atoms with E-state index in [2.05, 4.69) is 9.72 Å². The minimum absolute atomic E-state index is 0.417. The van der Waals surface area contributed by atoms with E-state index >= 15 is 0 Å². The lowest BCUT2D eigenvalue weighted by Crippen LogP contribution is -2.01. The van der Waals surface area contributed by atoms with Gasteiger partial charge in [0.15, 0.2) is 0 Å². The number of allylic oxidation sites excluding steroid dienone is 1. The molecule has 1 heterocycles. The van der Waals surface area contributed by atoms with Crippen molar-refractivity contribution in [3.05, 3.63) is 35.7 Å². The molecule has 0 aliphatic carbocycles. The van der Waals surface area contributed by atoms with Crippen molar-refractivity contribution in [1.29, 1.82) is 5.26 Å². The fraction of sp³-hybridized carbons (Fsp3) is 0.100. The lowest BCUT2D eigenvalue weighted by molar-refractivity contribution is 0.0600. The smallest absolute Gasteiger partial charge is 0.337 e. The average Bonchev–Trinajstić information content (AvgIpc) is 2.25. The highest BCUT2D eigenvalue weighted by Crippen LogP contribution is 2.04. The van der Waals surface area contributed by atoms with Crippen molar-refractivity contribution < 1.29 is 9.53 Å². The Labute approximate surface area is 81.5 Å². The summed E-state index contributed by atoms with van der Waals surface area (Å²) in [5, 5.41) is 8.30. The Morgan fingerprint density at radius 2 is 2.50 bits per heavy atom. The Balaban J connectivity index is 2.96. The molecule has 4 nitrogen and oxygen atoms in total. The Morgan fingerprint density at radius 3 is 3.14 bits per heavy atom. The SMILES string of the molecule is COC(=O)c1ccnc(C=CC#N)c1. The summed E-state index contributed by atoms with van der Waals surface area (Å²) in [7, 11) is 1.31. The van der Waals surface area contributed by atoms with Crippen molar-refractivity contribution in [3.8, 4) is 6.07 Å². The second-order valence-electron chi connectivity index (χ2n) is 2.42. The first-order chi connectivity index (χ1) is 6.77. The number of pyridine rings is 1. The molecule has 0 spiro atoms. The van der Waals surface area contributed by atoms with Crippen molar-refractivity contribution in [2.75, 3.05) is 7.11 Å². The molecule has 0 N–H and O–H groups in total. The van der Waals surface area contributed by atoms with Crippen molar-refractivity contribution in [2.45, 2.75) is 0 Å². The second kappa shape index (κ2) is 4.77. The van der Waals surface area contributed by atoms with Crippen molar-refractivity contribution in [2.24, 2.45) is 0 Å². The molecule has 0 aliphatic heterocycles. The predicted octanol–water partition coefficient (Wildman–Crippen LogP) is 1.40. The maximum atomic E-state index is 11.1. The van der Waals surface area contributed by atoms with Crippen LogP contribution in [0.1, 0.15) is 16.1 Å². The summed E-state index contributed by atoms with van der Waals surface area (Å²) < 4.78 is 4.54. The molecule has 0 aromatic carbocycles. The third kappa shape index (κ3) is 2.42. The van der Waals surface area contributed by atoms with Gasteiger partial charge in [0.05, 0.1) is 24.4 Å². The van der Waals surface area contributed by atoms with Crippen LogP contribution in [-0.2, 0) is 4.74 Å². The van der Waals surface area contributed by atoms with Gasteiger partial charge in [0, 0.05) is 12.3 Å². The zero-order valence-electron chi connectivity index (χ0n) is 7.60. The quantitative estimate of drug-likeness (QED) is 0.520. The predicted molar refractivity (Wildman–Crippen MR) is 50.2 cm³/mol. The van der Waals surface area contributed by atoms with Crippen LogP contribution in [0.5, 0.6) is 0 Å². The van der Waals surface area contributed by atoms with E-state index in [-0.39, 0.29) is 0 Å².